The number of sulfonamides is 1. The number of amides is 2. The second kappa shape index (κ2) is 13.1. The van der Waals surface area contributed by atoms with Crippen LogP contribution in [0.4, 0.5) is 5.69 Å². The van der Waals surface area contributed by atoms with Crippen LogP contribution in [0.25, 0.3) is 0 Å². The van der Waals surface area contributed by atoms with Crippen molar-refractivity contribution in [2.45, 2.75) is 57.6 Å². The molecule has 2 amide bonds. The third-order valence-electron chi connectivity index (χ3n) is 6.53. The van der Waals surface area contributed by atoms with Gasteiger partial charge in [0.1, 0.15) is 12.6 Å². The van der Waals surface area contributed by atoms with Gasteiger partial charge in [-0.25, -0.2) is 8.42 Å². The van der Waals surface area contributed by atoms with Gasteiger partial charge in [-0.1, -0.05) is 42.5 Å². The zero-order valence-electron chi connectivity index (χ0n) is 24.7. The van der Waals surface area contributed by atoms with Crippen molar-refractivity contribution in [1.29, 1.82) is 0 Å². The Labute approximate surface area is 243 Å². The molecule has 220 valence electrons. The first kappa shape index (κ1) is 31.5. The Bertz CT molecular complexity index is 1470. The number of nitrogens with zero attached hydrogens (tertiary/aromatic N) is 2. The minimum absolute atomic E-state index is 0.0734. The van der Waals surface area contributed by atoms with Crippen molar-refractivity contribution in [3.05, 3.63) is 83.9 Å². The number of rotatable bonds is 11. The van der Waals surface area contributed by atoms with Crippen molar-refractivity contribution in [3.63, 3.8) is 0 Å². The molecule has 41 heavy (non-hydrogen) atoms. The first-order chi connectivity index (χ1) is 19.3. The van der Waals surface area contributed by atoms with Gasteiger partial charge in [0.05, 0.1) is 24.8 Å². The van der Waals surface area contributed by atoms with Crippen LogP contribution < -0.4 is 19.1 Å². The lowest BCUT2D eigenvalue weighted by Gasteiger charge is -2.33. The summed E-state index contributed by atoms with van der Waals surface area (Å²) in [6.07, 6.45) is 0. The minimum Gasteiger partial charge on any atom is -0.493 e. The van der Waals surface area contributed by atoms with Crippen molar-refractivity contribution in [3.8, 4) is 11.5 Å². The lowest BCUT2D eigenvalue weighted by Crippen LogP contribution is -2.54. The van der Waals surface area contributed by atoms with Gasteiger partial charge in [-0.15, -0.1) is 0 Å². The van der Waals surface area contributed by atoms with E-state index >= 15 is 0 Å². The van der Waals surface area contributed by atoms with Crippen LogP contribution >= 0.6 is 0 Å². The average Bonchev–Trinajstić information content (AvgIpc) is 2.94. The minimum atomic E-state index is -4.25. The van der Waals surface area contributed by atoms with Crippen LogP contribution in [0.5, 0.6) is 11.5 Å². The van der Waals surface area contributed by atoms with Crippen LogP contribution in [-0.2, 0) is 26.2 Å². The lowest BCUT2D eigenvalue weighted by molar-refractivity contribution is -0.140. The van der Waals surface area contributed by atoms with Crippen LogP contribution in [0, 0.1) is 6.92 Å². The zero-order valence-corrected chi connectivity index (χ0v) is 25.5. The summed E-state index contributed by atoms with van der Waals surface area (Å²) in [5.74, 6) is -0.260. The summed E-state index contributed by atoms with van der Waals surface area (Å²) < 4.78 is 39.7. The highest BCUT2D eigenvalue weighted by Crippen LogP contribution is 2.32. The SMILES string of the molecule is COc1ccc(S(=O)(=O)N(CC(=O)N(Cc2ccccc2C)[C@@H](C)C(=O)NC(C)(C)C)c2ccccc2)cc1OC. The van der Waals surface area contributed by atoms with Crippen LogP contribution in [-0.4, -0.2) is 57.5 Å². The number of methoxy groups -OCH3 is 2. The van der Waals surface area contributed by atoms with E-state index in [1.807, 2.05) is 52.0 Å². The third kappa shape index (κ3) is 7.79. The fraction of sp³-hybridized carbons (Fsp3) is 0.355. The molecule has 1 atom stereocenters. The van der Waals surface area contributed by atoms with E-state index in [-0.39, 0.29) is 23.1 Å². The molecule has 0 aromatic heterocycles. The molecule has 10 heteroatoms. The summed E-state index contributed by atoms with van der Waals surface area (Å²) in [5, 5.41) is 2.93. The van der Waals surface area contributed by atoms with Gasteiger partial charge >= 0.3 is 0 Å². The summed E-state index contributed by atoms with van der Waals surface area (Å²) in [5.41, 5.74) is 1.59. The normalized spacial score (nSPS) is 12.3. The largest absolute Gasteiger partial charge is 0.493 e. The Kier molecular flexibility index (Phi) is 10.0. The number of aryl methyl sites for hydroxylation is 1. The molecule has 0 bridgehead atoms. The van der Waals surface area contributed by atoms with Gasteiger partial charge in [0.2, 0.25) is 11.8 Å². The predicted octanol–water partition coefficient (Wildman–Crippen LogP) is 4.54. The van der Waals surface area contributed by atoms with E-state index in [0.29, 0.717) is 11.4 Å². The van der Waals surface area contributed by atoms with Gasteiger partial charge in [0, 0.05) is 18.2 Å². The van der Waals surface area contributed by atoms with Gasteiger partial charge in [-0.2, -0.15) is 0 Å². The molecule has 0 saturated heterocycles. The Morgan fingerprint density at radius 3 is 2.10 bits per heavy atom. The van der Waals surface area contributed by atoms with E-state index in [4.69, 9.17) is 9.47 Å². The van der Waals surface area contributed by atoms with Crippen LogP contribution in [0.2, 0.25) is 0 Å². The Balaban J connectivity index is 2.06. The summed E-state index contributed by atoms with van der Waals surface area (Å²) in [7, 11) is -1.37. The second-order valence-corrected chi connectivity index (χ2v) is 12.6. The smallest absolute Gasteiger partial charge is 0.264 e. The number of ether oxygens (including phenoxy) is 2. The van der Waals surface area contributed by atoms with Gasteiger partial charge in [-0.05, 0) is 70.0 Å². The van der Waals surface area contributed by atoms with Crippen molar-refractivity contribution >= 4 is 27.5 Å². The Hall–Kier alpha value is -4.05. The maximum atomic E-state index is 14.1. The van der Waals surface area contributed by atoms with E-state index in [1.54, 1.807) is 37.3 Å². The molecule has 0 aliphatic carbocycles. The third-order valence-corrected chi connectivity index (χ3v) is 8.30. The summed E-state index contributed by atoms with van der Waals surface area (Å²) >= 11 is 0. The molecule has 0 unspecified atom stereocenters. The molecule has 3 aromatic rings. The molecule has 3 rings (SSSR count). The van der Waals surface area contributed by atoms with Crippen molar-refractivity contribution in [1.82, 2.24) is 10.2 Å². The molecular weight excluding hydrogens is 542 g/mol. The molecule has 0 aliphatic heterocycles. The first-order valence-electron chi connectivity index (χ1n) is 13.2. The van der Waals surface area contributed by atoms with Crippen molar-refractivity contribution in [2.75, 3.05) is 25.1 Å². The number of carbonyl (C=O) groups excluding carboxylic acids is 2. The fourth-order valence-corrected chi connectivity index (χ4v) is 5.69. The molecule has 0 saturated carbocycles. The van der Waals surface area contributed by atoms with Gasteiger partial charge < -0.3 is 19.7 Å². The predicted molar refractivity (Wildman–Crippen MR) is 160 cm³/mol. The molecule has 3 aromatic carbocycles. The molecular formula is C31H39N3O6S. The highest BCUT2D eigenvalue weighted by Gasteiger charge is 2.34. The second-order valence-electron chi connectivity index (χ2n) is 10.7. The molecule has 1 N–H and O–H groups in total. The highest BCUT2D eigenvalue weighted by atomic mass is 32.2. The number of anilines is 1. The fourth-order valence-electron chi connectivity index (χ4n) is 4.25. The van der Waals surface area contributed by atoms with Crippen LogP contribution in [0.15, 0.2) is 77.7 Å². The molecule has 0 spiro atoms. The zero-order chi connectivity index (χ0) is 30.4. The maximum absolute atomic E-state index is 14.1. The number of nitrogens with one attached hydrogen (secondary N) is 1. The van der Waals surface area contributed by atoms with Crippen LogP contribution in [0.1, 0.15) is 38.8 Å². The number of hydrogen-bond acceptors (Lipinski definition) is 6. The molecule has 0 fully saturated rings. The monoisotopic (exact) mass is 581 g/mol. The lowest BCUT2D eigenvalue weighted by atomic mass is 10.1. The average molecular weight is 582 g/mol. The molecule has 0 aliphatic rings. The number of benzene rings is 3. The first-order valence-corrected chi connectivity index (χ1v) is 14.7. The summed E-state index contributed by atoms with van der Waals surface area (Å²) in [4.78, 5) is 28.6. The van der Waals surface area contributed by atoms with Gasteiger partial charge in [0.25, 0.3) is 10.0 Å². The Morgan fingerprint density at radius 2 is 1.51 bits per heavy atom. The van der Waals surface area contributed by atoms with E-state index in [0.717, 1.165) is 15.4 Å². The molecule has 9 nitrogen and oxygen atoms in total. The quantitative estimate of drug-likeness (QED) is 0.357. The number of hydrogen-bond donors (Lipinski definition) is 1. The summed E-state index contributed by atoms with van der Waals surface area (Å²) in [6, 6.07) is 19.4. The van der Waals surface area contributed by atoms with Gasteiger partial charge in [-0.3, -0.25) is 13.9 Å². The number of carbonyl (C=O) groups is 2. The van der Waals surface area contributed by atoms with E-state index in [1.165, 1.54) is 37.3 Å². The standard InChI is InChI=1S/C31H39N3O6S/c1-22-13-11-12-14-24(22)20-33(23(2)30(36)32-31(3,4)5)29(35)21-34(25-15-9-8-10-16-25)41(37,38)26-17-18-27(39-6)28(19-26)40-7/h8-19,23H,20-21H2,1-7H3,(H,32,36)/t23-/m0/s1. The van der Waals surface area contributed by atoms with Crippen LogP contribution in [0.3, 0.4) is 0 Å². The maximum Gasteiger partial charge on any atom is 0.264 e. The van der Waals surface area contributed by atoms with E-state index < -0.39 is 34.1 Å². The highest BCUT2D eigenvalue weighted by molar-refractivity contribution is 7.92. The van der Waals surface area contributed by atoms with Crippen molar-refractivity contribution in [2.24, 2.45) is 0 Å². The van der Waals surface area contributed by atoms with E-state index in [9.17, 15) is 18.0 Å². The molecule has 0 heterocycles. The van der Waals surface area contributed by atoms with Gasteiger partial charge in [0.15, 0.2) is 11.5 Å². The summed E-state index contributed by atoms with van der Waals surface area (Å²) in [6.45, 7) is 8.75. The number of para-hydroxylation sites is 1. The van der Waals surface area contributed by atoms with E-state index in [2.05, 4.69) is 5.32 Å². The Morgan fingerprint density at radius 1 is 0.902 bits per heavy atom. The van der Waals surface area contributed by atoms with Crippen molar-refractivity contribution < 1.29 is 27.5 Å². The topological polar surface area (TPSA) is 105 Å². The molecule has 0 radical (unpaired) electrons.